The quantitative estimate of drug-likeness (QED) is 0.252. The zero-order chi connectivity index (χ0) is 23.7. The van der Waals surface area contributed by atoms with Crippen LogP contribution in [-0.2, 0) is 0 Å². The molecular formula is C27H24N4OS2. The summed E-state index contributed by atoms with van der Waals surface area (Å²) in [6, 6.07) is 26.4. The Morgan fingerprint density at radius 1 is 0.971 bits per heavy atom. The number of hydrogen-bond acceptors (Lipinski definition) is 5. The number of aryl methyl sites for hydroxylation is 1. The van der Waals surface area contributed by atoms with E-state index >= 15 is 0 Å². The highest BCUT2D eigenvalue weighted by molar-refractivity contribution is 7.98. The van der Waals surface area contributed by atoms with E-state index in [1.165, 1.54) is 4.90 Å². The Morgan fingerprint density at radius 3 is 2.53 bits per heavy atom. The Balaban J connectivity index is 1.66. The van der Waals surface area contributed by atoms with Gasteiger partial charge in [-0.25, -0.2) is 0 Å². The Bertz CT molecular complexity index is 1380. The van der Waals surface area contributed by atoms with E-state index in [0.29, 0.717) is 16.8 Å². The van der Waals surface area contributed by atoms with Crippen LogP contribution in [-0.4, -0.2) is 21.5 Å². The zero-order valence-corrected chi connectivity index (χ0v) is 20.8. The monoisotopic (exact) mass is 484 g/mol. The molecule has 0 saturated carbocycles. The first-order chi connectivity index (χ1) is 16.5. The SMILES string of the molecule is CSc1cccc(N2C(=S)NC(c3ccccc3)C(c3nc(-c4cccc(C)c4)no3)=C2C)c1. The van der Waals surface area contributed by atoms with Crippen molar-refractivity contribution in [3.63, 3.8) is 0 Å². The molecule has 1 N–H and O–H groups in total. The molecule has 4 aromatic rings. The van der Waals surface area contributed by atoms with Gasteiger partial charge >= 0.3 is 0 Å². The maximum Gasteiger partial charge on any atom is 0.258 e. The third-order valence-corrected chi connectivity index (χ3v) is 6.89. The number of nitrogens with one attached hydrogen (secondary N) is 1. The first kappa shape index (κ1) is 22.4. The van der Waals surface area contributed by atoms with E-state index in [-0.39, 0.29) is 6.04 Å². The third-order valence-electron chi connectivity index (χ3n) is 5.86. The molecule has 1 atom stereocenters. The van der Waals surface area contributed by atoms with Crippen LogP contribution in [0, 0.1) is 6.92 Å². The summed E-state index contributed by atoms with van der Waals surface area (Å²) in [5.74, 6) is 1.04. The number of benzene rings is 3. The molecule has 0 fully saturated rings. The van der Waals surface area contributed by atoms with E-state index in [0.717, 1.165) is 33.6 Å². The summed E-state index contributed by atoms with van der Waals surface area (Å²) in [4.78, 5) is 8.02. The average Bonchev–Trinajstić information content (AvgIpc) is 3.34. The summed E-state index contributed by atoms with van der Waals surface area (Å²) in [5.41, 5.74) is 5.99. The van der Waals surface area contributed by atoms with E-state index in [2.05, 4.69) is 73.0 Å². The third kappa shape index (κ3) is 4.24. The highest BCUT2D eigenvalue weighted by Crippen LogP contribution is 2.39. The summed E-state index contributed by atoms with van der Waals surface area (Å²) >= 11 is 7.55. The van der Waals surface area contributed by atoms with Gasteiger partial charge in [-0.15, -0.1) is 11.8 Å². The van der Waals surface area contributed by atoms with Crippen LogP contribution < -0.4 is 10.2 Å². The molecule has 1 aliphatic rings. The second kappa shape index (κ2) is 9.44. The molecule has 1 aliphatic heterocycles. The fourth-order valence-corrected chi connectivity index (χ4v) is 5.02. The predicted molar refractivity (Wildman–Crippen MR) is 143 cm³/mol. The van der Waals surface area contributed by atoms with E-state index in [4.69, 9.17) is 21.7 Å². The number of aromatic nitrogens is 2. The van der Waals surface area contributed by atoms with E-state index < -0.39 is 0 Å². The number of thioether (sulfide) groups is 1. The molecule has 0 aliphatic carbocycles. The lowest BCUT2D eigenvalue weighted by molar-refractivity contribution is 0.404. The van der Waals surface area contributed by atoms with Crippen molar-refractivity contribution in [3.05, 3.63) is 102 Å². The molecule has 0 saturated heterocycles. The highest BCUT2D eigenvalue weighted by atomic mass is 32.2. The first-order valence-electron chi connectivity index (χ1n) is 11.0. The Labute approximate surface area is 208 Å². The van der Waals surface area contributed by atoms with Gasteiger partial charge in [0.15, 0.2) is 5.11 Å². The summed E-state index contributed by atoms with van der Waals surface area (Å²) < 4.78 is 5.85. The van der Waals surface area contributed by atoms with Crippen molar-refractivity contribution in [1.29, 1.82) is 0 Å². The van der Waals surface area contributed by atoms with Gasteiger partial charge in [-0.1, -0.05) is 65.3 Å². The van der Waals surface area contributed by atoms with Crippen LogP contribution in [0.2, 0.25) is 0 Å². The lowest BCUT2D eigenvalue weighted by atomic mass is 9.94. The minimum atomic E-state index is -0.209. The van der Waals surface area contributed by atoms with Gasteiger partial charge in [0, 0.05) is 21.8 Å². The van der Waals surface area contributed by atoms with Crippen LogP contribution in [0.4, 0.5) is 5.69 Å². The highest BCUT2D eigenvalue weighted by Gasteiger charge is 2.34. The van der Waals surface area contributed by atoms with Gasteiger partial charge in [0.1, 0.15) is 0 Å². The predicted octanol–water partition coefficient (Wildman–Crippen LogP) is 6.63. The summed E-state index contributed by atoms with van der Waals surface area (Å²) in [7, 11) is 0. The van der Waals surface area contributed by atoms with Crippen molar-refractivity contribution in [2.75, 3.05) is 11.2 Å². The van der Waals surface area contributed by atoms with Crippen molar-refractivity contribution >= 4 is 40.4 Å². The van der Waals surface area contributed by atoms with Gasteiger partial charge in [-0.05, 0) is 62.2 Å². The molecule has 7 heteroatoms. The van der Waals surface area contributed by atoms with E-state index in [9.17, 15) is 0 Å². The summed E-state index contributed by atoms with van der Waals surface area (Å²) in [6.07, 6.45) is 2.07. The number of hydrogen-bond donors (Lipinski definition) is 1. The van der Waals surface area contributed by atoms with Crippen LogP contribution in [0.15, 0.2) is 94.0 Å². The second-order valence-corrected chi connectivity index (χ2v) is 9.39. The fourth-order valence-electron chi connectivity index (χ4n) is 4.21. The Hall–Kier alpha value is -3.42. The zero-order valence-electron chi connectivity index (χ0n) is 19.1. The molecule has 0 spiro atoms. The second-order valence-electron chi connectivity index (χ2n) is 8.12. The summed E-state index contributed by atoms with van der Waals surface area (Å²) in [6.45, 7) is 4.11. The van der Waals surface area contributed by atoms with E-state index in [1.54, 1.807) is 11.8 Å². The van der Waals surface area contributed by atoms with E-state index in [1.807, 2.05) is 41.3 Å². The normalized spacial score (nSPS) is 16.0. The van der Waals surface area contributed by atoms with Crippen molar-refractivity contribution < 1.29 is 4.52 Å². The van der Waals surface area contributed by atoms with Crippen LogP contribution in [0.25, 0.3) is 17.0 Å². The fraction of sp³-hybridized carbons (Fsp3) is 0.148. The van der Waals surface area contributed by atoms with Gasteiger partial charge in [-0.3, -0.25) is 4.90 Å². The van der Waals surface area contributed by atoms with Crippen LogP contribution in [0.1, 0.15) is 30.0 Å². The molecule has 0 amide bonds. The maximum atomic E-state index is 5.85. The number of thiocarbonyl (C=S) groups is 1. The Kier molecular flexibility index (Phi) is 6.22. The number of nitrogens with zero attached hydrogens (tertiary/aromatic N) is 3. The minimum absolute atomic E-state index is 0.209. The maximum absolute atomic E-state index is 5.85. The van der Waals surface area contributed by atoms with Gasteiger partial charge < -0.3 is 9.84 Å². The minimum Gasteiger partial charge on any atom is -0.351 e. The topological polar surface area (TPSA) is 54.2 Å². The van der Waals surface area contributed by atoms with Crippen molar-refractivity contribution in [1.82, 2.24) is 15.5 Å². The largest absolute Gasteiger partial charge is 0.351 e. The van der Waals surface area contributed by atoms with Gasteiger partial charge in [-0.2, -0.15) is 4.98 Å². The number of anilines is 1. The van der Waals surface area contributed by atoms with Crippen molar-refractivity contribution in [2.45, 2.75) is 24.8 Å². The van der Waals surface area contributed by atoms with Crippen LogP contribution in [0.5, 0.6) is 0 Å². The van der Waals surface area contributed by atoms with Gasteiger partial charge in [0.25, 0.3) is 5.89 Å². The number of allylic oxidation sites excluding steroid dienone is 1. The molecule has 0 bridgehead atoms. The molecule has 170 valence electrons. The molecule has 5 rings (SSSR count). The van der Waals surface area contributed by atoms with Crippen molar-refractivity contribution in [3.8, 4) is 11.4 Å². The Morgan fingerprint density at radius 2 is 1.76 bits per heavy atom. The van der Waals surface area contributed by atoms with Crippen molar-refractivity contribution in [2.24, 2.45) is 0 Å². The molecule has 3 aromatic carbocycles. The first-order valence-corrected chi connectivity index (χ1v) is 12.6. The van der Waals surface area contributed by atoms with Gasteiger partial charge in [0.05, 0.1) is 11.6 Å². The molecule has 5 nitrogen and oxygen atoms in total. The molecule has 1 unspecified atom stereocenters. The number of rotatable bonds is 5. The average molecular weight is 485 g/mol. The lowest BCUT2D eigenvalue weighted by Gasteiger charge is -2.37. The molecule has 34 heavy (non-hydrogen) atoms. The lowest BCUT2D eigenvalue weighted by Crippen LogP contribution is -2.46. The molecular weight excluding hydrogens is 460 g/mol. The smallest absolute Gasteiger partial charge is 0.258 e. The standard InChI is InChI=1S/C27H24N4OS2/c1-17-9-7-12-20(15-17)25-29-26(32-30-25)23-18(2)31(21-13-8-14-22(16-21)34-3)27(33)28-24(23)19-10-5-4-6-11-19/h4-16,24H,1-3H3,(H,28,33). The van der Waals surface area contributed by atoms with Gasteiger partial charge in [0.2, 0.25) is 5.82 Å². The van der Waals surface area contributed by atoms with Crippen LogP contribution >= 0.6 is 24.0 Å². The molecule has 2 heterocycles. The molecule has 1 aromatic heterocycles. The summed E-state index contributed by atoms with van der Waals surface area (Å²) in [5, 5.41) is 8.46. The van der Waals surface area contributed by atoms with Crippen LogP contribution in [0.3, 0.4) is 0 Å². The molecule has 0 radical (unpaired) electrons.